The van der Waals surface area contributed by atoms with Crippen molar-refractivity contribution in [3.05, 3.63) is 71.7 Å². The Hall–Kier alpha value is -3.48. The number of likely N-dealkylation sites (tertiary alicyclic amines) is 1. The Morgan fingerprint density at radius 3 is 2.32 bits per heavy atom. The number of pyridine rings is 1. The Kier molecular flexibility index (Phi) is 6.82. The second-order valence-electron chi connectivity index (χ2n) is 10.1. The van der Waals surface area contributed by atoms with E-state index in [0.717, 1.165) is 16.8 Å². The van der Waals surface area contributed by atoms with Crippen molar-refractivity contribution >= 4 is 11.8 Å². The first-order valence-corrected chi connectivity index (χ1v) is 11.9. The number of carbonyl (C=O) groups excluding carboxylic acids is 2. The molecule has 1 fully saturated rings. The molecule has 2 N–H and O–H groups in total. The van der Waals surface area contributed by atoms with Gasteiger partial charge < -0.3 is 10.2 Å². The van der Waals surface area contributed by atoms with Gasteiger partial charge in [-0.3, -0.25) is 19.7 Å². The molecule has 4 rings (SSSR count). The minimum absolute atomic E-state index is 0.0549. The number of nitrogens with zero attached hydrogens (tertiary/aromatic N) is 3. The van der Waals surface area contributed by atoms with Crippen molar-refractivity contribution in [1.82, 2.24) is 25.4 Å². The molecule has 1 atom stereocenters. The number of aromatic amines is 1. The molecular weight excluding hydrogens is 426 g/mol. The molecule has 34 heavy (non-hydrogen) atoms. The van der Waals surface area contributed by atoms with Gasteiger partial charge in [-0.1, -0.05) is 45.0 Å². The summed E-state index contributed by atoms with van der Waals surface area (Å²) in [6.45, 7) is 9.68. The number of hydrogen-bond donors (Lipinski definition) is 2. The second kappa shape index (κ2) is 9.79. The molecule has 1 aromatic carbocycles. The number of piperidine rings is 1. The predicted octanol–water partition coefficient (Wildman–Crippen LogP) is 4.50. The van der Waals surface area contributed by atoms with Crippen LogP contribution in [-0.4, -0.2) is 45.0 Å². The first-order valence-electron chi connectivity index (χ1n) is 11.9. The SMILES string of the molecule is C[C@@H](NC(=O)C1CCN(C(=O)c2cc(-c3ccncc3)[nH]n2)CC1)c1ccc(C(C)(C)C)cc1. The van der Waals surface area contributed by atoms with E-state index in [0.29, 0.717) is 31.6 Å². The van der Waals surface area contributed by atoms with Crippen LogP contribution in [0.15, 0.2) is 54.9 Å². The third kappa shape index (κ3) is 5.35. The van der Waals surface area contributed by atoms with Crippen molar-refractivity contribution in [2.75, 3.05) is 13.1 Å². The van der Waals surface area contributed by atoms with Crippen molar-refractivity contribution in [3.63, 3.8) is 0 Å². The van der Waals surface area contributed by atoms with E-state index in [9.17, 15) is 9.59 Å². The Morgan fingerprint density at radius 1 is 1.06 bits per heavy atom. The van der Waals surface area contributed by atoms with Crippen LogP contribution < -0.4 is 5.32 Å². The minimum atomic E-state index is -0.109. The summed E-state index contributed by atoms with van der Waals surface area (Å²) in [6.07, 6.45) is 4.70. The largest absolute Gasteiger partial charge is 0.349 e. The van der Waals surface area contributed by atoms with Crippen molar-refractivity contribution in [3.8, 4) is 11.3 Å². The highest BCUT2D eigenvalue weighted by Gasteiger charge is 2.29. The van der Waals surface area contributed by atoms with Crippen LogP contribution in [0, 0.1) is 5.92 Å². The Labute approximate surface area is 201 Å². The lowest BCUT2D eigenvalue weighted by Crippen LogP contribution is -2.43. The van der Waals surface area contributed by atoms with Gasteiger partial charge in [-0.15, -0.1) is 0 Å². The molecule has 0 aliphatic carbocycles. The van der Waals surface area contributed by atoms with Crippen LogP contribution in [0.2, 0.25) is 0 Å². The Bertz CT molecular complexity index is 1120. The van der Waals surface area contributed by atoms with Gasteiger partial charge in [0.1, 0.15) is 0 Å². The second-order valence-corrected chi connectivity index (χ2v) is 10.1. The quantitative estimate of drug-likeness (QED) is 0.588. The molecular formula is C27H33N5O2. The van der Waals surface area contributed by atoms with Crippen molar-refractivity contribution < 1.29 is 9.59 Å². The Balaban J connectivity index is 1.30. The first-order chi connectivity index (χ1) is 16.2. The summed E-state index contributed by atoms with van der Waals surface area (Å²) in [4.78, 5) is 31.6. The molecule has 2 amide bonds. The fraction of sp³-hybridized carbons (Fsp3) is 0.407. The third-order valence-electron chi connectivity index (χ3n) is 6.58. The van der Waals surface area contributed by atoms with Crippen molar-refractivity contribution in [1.29, 1.82) is 0 Å². The van der Waals surface area contributed by atoms with Crippen LogP contribution in [0.4, 0.5) is 0 Å². The van der Waals surface area contributed by atoms with Crippen LogP contribution in [0.1, 0.15) is 68.2 Å². The first kappa shape index (κ1) is 23.7. The molecule has 1 aliphatic heterocycles. The van der Waals surface area contributed by atoms with Gasteiger partial charge >= 0.3 is 0 Å². The monoisotopic (exact) mass is 459 g/mol. The number of rotatable bonds is 5. The average molecular weight is 460 g/mol. The minimum Gasteiger partial charge on any atom is -0.349 e. The van der Waals surface area contributed by atoms with E-state index in [-0.39, 0.29) is 29.2 Å². The normalized spacial score (nSPS) is 15.7. The van der Waals surface area contributed by atoms with Crippen LogP contribution in [0.25, 0.3) is 11.3 Å². The number of benzene rings is 1. The summed E-state index contributed by atoms with van der Waals surface area (Å²) < 4.78 is 0. The summed E-state index contributed by atoms with van der Waals surface area (Å²) in [5.41, 5.74) is 4.58. The molecule has 3 heterocycles. The van der Waals surface area contributed by atoms with E-state index in [1.165, 1.54) is 5.56 Å². The van der Waals surface area contributed by atoms with E-state index < -0.39 is 0 Å². The zero-order valence-corrected chi connectivity index (χ0v) is 20.3. The standard InChI is InChI=1S/C27H33N5O2/c1-18(19-5-7-22(8-6-19)27(2,3)4)29-25(33)21-11-15-32(16-12-21)26(34)24-17-23(30-31-24)20-9-13-28-14-10-20/h5-10,13-14,17-18,21H,11-12,15-16H2,1-4H3,(H,29,33)(H,30,31)/t18-/m1/s1. The summed E-state index contributed by atoms with van der Waals surface area (Å²) in [5.74, 6) is -0.145. The zero-order valence-electron chi connectivity index (χ0n) is 20.3. The topological polar surface area (TPSA) is 91.0 Å². The molecule has 0 bridgehead atoms. The molecule has 7 nitrogen and oxygen atoms in total. The average Bonchev–Trinajstić information content (AvgIpc) is 3.34. The summed E-state index contributed by atoms with van der Waals surface area (Å²) in [7, 11) is 0. The molecule has 1 aliphatic rings. The molecule has 178 valence electrons. The number of carbonyl (C=O) groups is 2. The fourth-order valence-electron chi connectivity index (χ4n) is 4.30. The molecule has 0 radical (unpaired) electrons. The van der Waals surface area contributed by atoms with Crippen molar-refractivity contribution in [2.45, 2.75) is 52.0 Å². The fourth-order valence-corrected chi connectivity index (χ4v) is 4.30. The van der Waals surface area contributed by atoms with E-state index in [2.05, 4.69) is 65.5 Å². The summed E-state index contributed by atoms with van der Waals surface area (Å²) in [5, 5.41) is 10.3. The number of hydrogen-bond acceptors (Lipinski definition) is 4. The van der Waals surface area contributed by atoms with Gasteiger partial charge in [0, 0.05) is 37.0 Å². The van der Waals surface area contributed by atoms with E-state index in [1.54, 1.807) is 23.4 Å². The van der Waals surface area contributed by atoms with Crippen LogP contribution in [0.5, 0.6) is 0 Å². The van der Waals surface area contributed by atoms with E-state index in [4.69, 9.17) is 0 Å². The van der Waals surface area contributed by atoms with Crippen LogP contribution >= 0.6 is 0 Å². The van der Waals surface area contributed by atoms with Gasteiger partial charge in [-0.2, -0.15) is 5.10 Å². The van der Waals surface area contributed by atoms with E-state index in [1.807, 2.05) is 19.1 Å². The summed E-state index contributed by atoms with van der Waals surface area (Å²) in [6, 6.07) is 13.9. The molecule has 0 unspecified atom stereocenters. The lowest BCUT2D eigenvalue weighted by Gasteiger charge is -2.31. The van der Waals surface area contributed by atoms with Gasteiger partial charge in [0.05, 0.1) is 11.7 Å². The number of H-pyrrole nitrogens is 1. The van der Waals surface area contributed by atoms with Crippen molar-refractivity contribution in [2.24, 2.45) is 5.92 Å². The summed E-state index contributed by atoms with van der Waals surface area (Å²) >= 11 is 0. The number of amides is 2. The molecule has 7 heteroatoms. The molecule has 3 aromatic rings. The number of nitrogens with one attached hydrogen (secondary N) is 2. The van der Waals surface area contributed by atoms with Crippen LogP contribution in [0.3, 0.4) is 0 Å². The van der Waals surface area contributed by atoms with Crippen LogP contribution in [-0.2, 0) is 10.2 Å². The zero-order chi connectivity index (χ0) is 24.3. The maximum absolute atomic E-state index is 12.9. The highest BCUT2D eigenvalue weighted by atomic mass is 16.2. The molecule has 0 saturated carbocycles. The lowest BCUT2D eigenvalue weighted by molar-refractivity contribution is -0.127. The third-order valence-corrected chi connectivity index (χ3v) is 6.58. The highest BCUT2D eigenvalue weighted by Crippen LogP contribution is 2.25. The van der Waals surface area contributed by atoms with Gasteiger partial charge in [0.15, 0.2) is 5.69 Å². The van der Waals surface area contributed by atoms with Gasteiger partial charge in [0.25, 0.3) is 5.91 Å². The molecule has 0 spiro atoms. The predicted molar refractivity (Wildman–Crippen MR) is 132 cm³/mol. The molecule has 2 aromatic heterocycles. The number of aromatic nitrogens is 3. The van der Waals surface area contributed by atoms with Gasteiger partial charge in [0.2, 0.25) is 5.91 Å². The van der Waals surface area contributed by atoms with Gasteiger partial charge in [-0.05, 0) is 54.5 Å². The van der Waals surface area contributed by atoms with Gasteiger partial charge in [-0.25, -0.2) is 0 Å². The maximum atomic E-state index is 12.9. The maximum Gasteiger partial charge on any atom is 0.274 e. The smallest absolute Gasteiger partial charge is 0.274 e. The van der Waals surface area contributed by atoms with E-state index >= 15 is 0 Å². The molecule has 1 saturated heterocycles. The Morgan fingerprint density at radius 2 is 1.71 bits per heavy atom. The highest BCUT2D eigenvalue weighted by molar-refractivity contribution is 5.93. The lowest BCUT2D eigenvalue weighted by atomic mass is 9.86.